The highest BCUT2D eigenvalue weighted by Crippen LogP contribution is 2.34. The molecule has 0 saturated heterocycles. The number of thiol groups is 1. The van der Waals surface area contributed by atoms with Crippen LogP contribution < -0.4 is 32.3 Å². The molecule has 2 aromatic heterocycles. The number of nitrogens with one attached hydrogen (secondary N) is 7. The largest absolute Gasteiger partial charge is 0.480 e. The van der Waals surface area contributed by atoms with Gasteiger partial charge in [-0.25, -0.2) is 4.79 Å². The second kappa shape index (κ2) is 23.3. The number of carboxylic acids is 1. The second-order valence-corrected chi connectivity index (χ2v) is 18.0. The van der Waals surface area contributed by atoms with Crippen LogP contribution in [0.3, 0.4) is 0 Å². The van der Waals surface area contributed by atoms with Gasteiger partial charge in [0.25, 0.3) is 0 Å². The van der Waals surface area contributed by atoms with Gasteiger partial charge in [-0.2, -0.15) is 12.6 Å². The second-order valence-electron chi connectivity index (χ2n) is 17.6. The molecule has 4 amide bonds. The predicted octanol–water partition coefficient (Wildman–Crippen LogP) is 4.50. The Morgan fingerprint density at radius 2 is 1.20 bits per heavy atom. The molecule has 0 aliphatic rings. The minimum Gasteiger partial charge on any atom is -0.480 e. The first-order chi connectivity index (χ1) is 31.0. The van der Waals surface area contributed by atoms with E-state index in [1.165, 1.54) is 0 Å². The smallest absolute Gasteiger partial charge is 0.327 e. The summed E-state index contributed by atoms with van der Waals surface area (Å²) in [5.41, 5.74) is 9.79. The lowest BCUT2D eigenvalue weighted by atomic mass is 9.75. The lowest BCUT2D eigenvalue weighted by molar-refractivity contribution is -0.141. The first-order valence-electron chi connectivity index (χ1n) is 22.2. The first-order valence-corrected chi connectivity index (χ1v) is 22.9. The number of aromatic amines is 2. The Morgan fingerprint density at radius 3 is 1.74 bits per heavy atom. The molecule has 6 unspecified atom stereocenters. The average Bonchev–Trinajstić information content (AvgIpc) is 3.91. The number of H-pyrrole nitrogens is 2. The monoisotopic (exact) mass is 908 g/mol. The number of rotatable bonds is 26. The van der Waals surface area contributed by atoms with E-state index in [0.717, 1.165) is 58.6 Å². The normalized spacial score (nSPS) is 15.2. The van der Waals surface area contributed by atoms with E-state index in [9.17, 15) is 33.9 Å². The van der Waals surface area contributed by atoms with Crippen LogP contribution in [0.1, 0.15) is 76.5 Å². The number of carbonyl (C=O) groups excluding carboxylic acids is 5. The number of ketones is 1. The number of hydrogen-bond donors (Lipinski definition) is 10. The standard InChI is InChI=1S/C49H64N8O7S/c1-5-48(3,20-21-49(4,50)6-2)25-34(58)28-53-39(22-31-14-8-7-9-15-31)45(61)57-41(24-33-27-52-38-19-13-11-17-36(33)38)46(62)56-40(23-32-26-51-37-18-12-10-16-35(32)37)44(60)54-29-43(59)55-42(30-65)47(63)64/h7-19,26-27,39-42,51-53,65H,5-6,20-25,28-30,50H2,1-4H3,(H,54,60)(H,55,59)(H,56,62)(H,57,61)(H,63,64). The van der Waals surface area contributed by atoms with Gasteiger partial charge in [0.1, 0.15) is 23.9 Å². The highest BCUT2D eigenvalue weighted by Gasteiger charge is 2.33. The summed E-state index contributed by atoms with van der Waals surface area (Å²) in [5, 5.41) is 25.0. The highest BCUT2D eigenvalue weighted by atomic mass is 32.1. The van der Waals surface area contributed by atoms with E-state index in [2.05, 4.69) is 70.0 Å². The number of para-hydroxylation sites is 2. The van der Waals surface area contributed by atoms with Crippen LogP contribution in [0.25, 0.3) is 21.8 Å². The van der Waals surface area contributed by atoms with Gasteiger partial charge in [0.2, 0.25) is 23.6 Å². The fourth-order valence-corrected chi connectivity index (χ4v) is 8.01. The van der Waals surface area contributed by atoms with Gasteiger partial charge in [-0.1, -0.05) is 93.9 Å². The molecule has 5 aromatic rings. The number of aromatic nitrogens is 2. The summed E-state index contributed by atoms with van der Waals surface area (Å²) in [6.07, 6.45) is 7.24. The molecule has 3 aromatic carbocycles. The number of amides is 4. The van der Waals surface area contributed by atoms with E-state index in [1.807, 2.05) is 85.8 Å². The zero-order valence-electron chi connectivity index (χ0n) is 37.7. The van der Waals surface area contributed by atoms with Crippen molar-refractivity contribution < 1.29 is 33.9 Å². The van der Waals surface area contributed by atoms with Gasteiger partial charge >= 0.3 is 5.97 Å². The maximum absolute atomic E-state index is 14.7. The predicted molar refractivity (Wildman–Crippen MR) is 256 cm³/mol. The van der Waals surface area contributed by atoms with E-state index in [-0.39, 0.29) is 48.3 Å². The van der Waals surface area contributed by atoms with Gasteiger partial charge in [0.15, 0.2) is 0 Å². The summed E-state index contributed by atoms with van der Waals surface area (Å²) >= 11 is 3.99. The van der Waals surface area contributed by atoms with Crippen molar-refractivity contribution in [2.24, 2.45) is 11.1 Å². The maximum Gasteiger partial charge on any atom is 0.327 e. The molecule has 0 fully saturated rings. The van der Waals surface area contributed by atoms with Crippen molar-refractivity contribution in [3.63, 3.8) is 0 Å². The average molecular weight is 909 g/mol. The van der Waals surface area contributed by atoms with Crippen LogP contribution in [0.5, 0.6) is 0 Å². The molecule has 0 bridgehead atoms. The van der Waals surface area contributed by atoms with Gasteiger partial charge < -0.3 is 42.1 Å². The van der Waals surface area contributed by atoms with Gasteiger partial charge in [-0.05, 0) is 66.8 Å². The van der Waals surface area contributed by atoms with Crippen molar-refractivity contribution in [1.82, 2.24) is 36.6 Å². The van der Waals surface area contributed by atoms with Gasteiger partial charge in [-0.15, -0.1) is 0 Å². The third kappa shape index (κ3) is 14.5. The Hall–Kier alpha value is -5.97. The van der Waals surface area contributed by atoms with E-state index < -0.39 is 60.3 Å². The first kappa shape index (κ1) is 50.0. The van der Waals surface area contributed by atoms with Gasteiger partial charge in [-0.3, -0.25) is 29.3 Å². The Labute approximate surface area is 385 Å². The van der Waals surface area contributed by atoms with Crippen LogP contribution in [0.15, 0.2) is 91.3 Å². The Morgan fingerprint density at radius 1 is 0.662 bits per heavy atom. The molecule has 16 heteroatoms. The highest BCUT2D eigenvalue weighted by molar-refractivity contribution is 7.80. The number of Topliss-reactive ketones (excluding diaryl/α,β-unsaturated/α-hetero) is 1. The minimum absolute atomic E-state index is 0.00525. The number of aliphatic carboxylic acids is 1. The van der Waals surface area contributed by atoms with Gasteiger partial charge in [0.05, 0.1) is 19.1 Å². The summed E-state index contributed by atoms with van der Waals surface area (Å²) in [6.45, 7) is 7.60. The molecule has 0 spiro atoms. The molecule has 6 atom stereocenters. The van der Waals surface area contributed by atoms with Crippen LogP contribution in [0.2, 0.25) is 0 Å². The zero-order chi connectivity index (χ0) is 47.1. The fourth-order valence-electron chi connectivity index (χ4n) is 7.76. The van der Waals surface area contributed by atoms with Crippen molar-refractivity contribution in [2.75, 3.05) is 18.8 Å². The summed E-state index contributed by atoms with van der Waals surface area (Å²) in [5.74, 6) is -4.14. The molecule has 15 nitrogen and oxygen atoms in total. The van der Waals surface area contributed by atoms with Crippen LogP contribution in [-0.2, 0) is 48.0 Å². The number of nitrogens with two attached hydrogens (primary N) is 1. The van der Waals surface area contributed by atoms with E-state index in [0.29, 0.717) is 12.0 Å². The van der Waals surface area contributed by atoms with Crippen LogP contribution in [0.4, 0.5) is 0 Å². The molecule has 0 saturated carbocycles. The molecule has 0 radical (unpaired) electrons. The Balaban J connectivity index is 1.41. The molecule has 10 N–H and O–H groups in total. The Bertz CT molecular complexity index is 2420. The number of carboxylic acid groups (broad SMARTS) is 1. The molecule has 0 aliphatic heterocycles. The van der Waals surface area contributed by atoms with Crippen molar-refractivity contribution >= 4 is 69.8 Å². The number of hydrogen-bond acceptors (Lipinski definition) is 9. The Kier molecular flexibility index (Phi) is 17.9. The third-order valence-corrected chi connectivity index (χ3v) is 12.8. The summed E-state index contributed by atoms with van der Waals surface area (Å²) in [6, 6.07) is 19.8. The van der Waals surface area contributed by atoms with E-state index >= 15 is 0 Å². The van der Waals surface area contributed by atoms with Crippen molar-refractivity contribution in [3.8, 4) is 0 Å². The topological polar surface area (TPSA) is 240 Å². The maximum atomic E-state index is 14.7. The van der Waals surface area contributed by atoms with E-state index in [1.54, 1.807) is 12.4 Å². The molecule has 2 heterocycles. The van der Waals surface area contributed by atoms with Crippen LogP contribution in [-0.4, -0.2) is 99.0 Å². The SMILES string of the molecule is CCC(C)(N)CCC(C)(CC)CC(=O)CNC(Cc1ccccc1)C(=O)NC(Cc1c[nH]c2ccccc12)C(=O)NC(Cc1c[nH]c2ccccc12)C(=O)NCC(=O)NC(CS)C(=O)O. The quantitative estimate of drug-likeness (QED) is 0.0351. The van der Waals surface area contributed by atoms with E-state index in [4.69, 9.17) is 5.73 Å². The zero-order valence-corrected chi connectivity index (χ0v) is 38.6. The van der Waals surface area contributed by atoms with Crippen LogP contribution >= 0.6 is 12.6 Å². The summed E-state index contributed by atoms with van der Waals surface area (Å²) in [4.78, 5) is 87.5. The number of fused-ring (bicyclic) bond motifs is 2. The molecule has 65 heavy (non-hydrogen) atoms. The fraction of sp³-hybridized carbons (Fsp3) is 0.429. The third-order valence-electron chi connectivity index (χ3n) is 12.4. The molecule has 0 aliphatic carbocycles. The van der Waals surface area contributed by atoms with Crippen molar-refractivity contribution in [2.45, 2.75) is 109 Å². The van der Waals surface area contributed by atoms with Crippen molar-refractivity contribution in [1.29, 1.82) is 0 Å². The van der Waals surface area contributed by atoms with Crippen molar-refractivity contribution in [3.05, 3.63) is 108 Å². The number of benzene rings is 3. The molecule has 5 rings (SSSR count). The van der Waals surface area contributed by atoms with Gasteiger partial charge in [0, 0.05) is 64.8 Å². The molecule has 348 valence electrons. The minimum atomic E-state index is -1.28. The number of carbonyl (C=O) groups is 6. The van der Waals surface area contributed by atoms with Crippen LogP contribution in [0, 0.1) is 5.41 Å². The lowest BCUT2D eigenvalue weighted by Crippen LogP contribution is -2.58. The lowest BCUT2D eigenvalue weighted by Gasteiger charge is -2.32. The molecular weight excluding hydrogens is 845 g/mol. The molecular formula is C49H64N8O7S. The summed E-state index contributed by atoms with van der Waals surface area (Å²) in [7, 11) is 0. The summed E-state index contributed by atoms with van der Waals surface area (Å²) < 4.78 is 0.